The molecule has 1 aromatic rings. The number of ether oxygens (including phenoxy) is 1. The van der Waals surface area contributed by atoms with Crippen LogP contribution in [0.2, 0.25) is 0 Å². The highest BCUT2D eigenvalue weighted by atomic mass is 16.5. The number of benzene rings is 1. The third-order valence-electron chi connectivity index (χ3n) is 4.36. The average molecular weight is 289 g/mol. The van der Waals surface area contributed by atoms with Crippen LogP contribution in [0.4, 0.5) is 5.69 Å². The fourth-order valence-electron chi connectivity index (χ4n) is 2.82. The van der Waals surface area contributed by atoms with Gasteiger partial charge < -0.3 is 10.1 Å². The molecule has 0 bridgehead atoms. The van der Waals surface area contributed by atoms with Crippen molar-refractivity contribution in [2.75, 3.05) is 18.5 Å². The fraction of sp³-hybridized carbons (Fsp3) is 0.611. The van der Waals surface area contributed by atoms with Crippen molar-refractivity contribution in [1.29, 1.82) is 0 Å². The summed E-state index contributed by atoms with van der Waals surface area (Å²) < 4.78 is 5.57. The molecule has 1 aromatic carbocycles. The Morgan fingerprint density at radius 1 is 1.38 bits per heavy atom. The van der Waals surface area contributed by atoms with E-state index in [4.69, 9.17) is 4.74 Å². The van der Waals surface area contributed by atoms with Gasteiger partial charge in [0.1, 0.15) is 0 Å². The van der Waals surface area contributed by atoms with Gasteiger partial charge in [-0.3, -0.25) is 4.79 Å². The van der Waals surface area contributed by atoms with Gasteiger partial charge in [-0.25, -0.2) is 0 Å². The lowest BCUT2D eigenvalue weighted by molar-refractivity contribution is -0.149. The average Bonchev–Trinajstić information content (AvgIpc) is 2.54. The van der Waals surface area contributed by atoms with E-state index < -0.39 is 0 Å². The van der Waals surface area contributed by atoms with Crippen LogP contribution >= 0.6 is 0 Å². The fourth-order valence-corrected chi connectivity index (χ4v) is 2.82. The summed E-state index contributed by atoms with van der Waals surface area (Å²) in [6, 6.07) is 8.18. The number of nitrogens with one attached hydrogen (secondary N) is 1. The second kappa shape index (κ2) is 8.06. The minimum atomic E-state index is -0.0522. The Hall–Kier alpha value is -1.51. The normalized spacial score (nSPS) is 18.5. The Bertz CT molecular complexity index is 458. The Morgan fingerprint density at radius 2 is 2.19 bits per heavy atom. The van der Waals surface area contributed by atoms with Crippen molar-refractivity contribution < 1.29 is 9.53 Å². The summed E-state index contributed by atoms with van der Waals surface area (Å²) in [6.07, 6.45) is 5.45. The molecule has 0 aromatic heterocycles. The van der Waals surface area contributed by atoms with Crippen LogP contribution in [0, 0.1) is 11.8 Å². The van der Waals surface area contributed by atoms with E-state index in [9.17, 15) is 4.79 Å². The summed E-state index contributed by atoms with van der Waals surface area (Å²) in [4.78, 5) is 12.2. The molecular weight excluding hydrogens is 262 g/mol. The van der Waals surface area contributed by atoms with Crippen LogP contribution in [0.5, 0.6) is 0 Å². The first-order valence-corrected chi connectivity index (χ1v) is 8.23. The molecule has 2 unspecified atom stereocenters. The molecule has 1 heterocycles. The van der Waals surface area contributed by atoms with Crippen molar-refractivity contribution in [2.45, 2.75) is 46.0 Å². The van der Waals surface area contributed by atoms with Crippen LogP contribution in [0.15, 0.2) is 24.3 Å². The number of carbonyl (C=O) groups is 1. The van der Waals surface area contributed by atoms with Crippen molar-refractivity contribution in [3.05, 3.63) is 29.8 Å². The molecular formula is C18H27NO2. The lowest BCUT2D eigenvalue weighted by Gasteiger charge is -2.25. The highest BCUT2D eigenvalue weighted by Crippen LogP contribution is 2.25. The predicted molar refractivity (Wildman–Crippen MR) is 86.4 cm³/mol. The number of hydrogen-bond donors (Lipinski definition) is 1. The molecule has 3 heteroatoms. The summed E-state index contributed by atoms with van der Waals surface area (Å²) in [6.45, 7) is 5.63. The topological polar surface area (TPSA) is 38.3 Å². The number of rotatable bonds is 7. The summed E-state index contributed by atoms with van der Waals surface area (Å²) >= 11 is 0. The first-order valence-electron chi connectivity index (χ1n) is 8.23. The Balaban J connectivity index is 1.82. The molecule has 2 rings (SSSR count). The van der Waals surface area contributed by atoms with Crippen molar-refractivity contribution in [1.82, 2.24) is 0 Å². The predicted octanol–water partition coefficient (Wildman–Crippen LogP) is 4.03. The van der Waals surface area contributed by atoms with Crippen LogP contribution in [-0.2, 0) is 16.0 Å². The van der Waals surface area contributed by atoms with E-state index in [1.807, 2.05) is 12.1 Å². The lowest BCUT2D eigenvalue weighted by atomic mass is 9.94. The standard InChI is InChI=1S/C18H27NO2/c1-3-5-8-14(4-2)13-21-18(20)16-11-15-9-6-7-10-17(15)19-12-16/h6-7,9-10,14,16,19H,3-5,8,11-13H2,1-2H3. The molecule has 21 heavy (non-hydrogen) atoms. The first-order chi connectivity index (χ1) is 10.2. The molecule has 116 valence electrons. The Kier molecular flexibility index (Phi) is 6.09. The third-order valence-corrected chi connectivity index (χ3v) is 4.36. The van der Waals surface area contributed by atoms with Crippen molar-refractivity contribution >= 4 is 11.7 Å². The summed E-state index contributed by atoms with van der Waals surface area (Å²) in [5, 5.41) is 3.33. The van der Waals surface area contributed by atoms with Gasteiger partial charge in [0.2, 0.25) is 0 Å². The molecule has 2 atom stereocenters. The maximum atomic E-state index is 12.2. The zero-order valence-corrected chi connectivity index (χ0v) is 13.2. The number of esters is 1. The quantitative estimate of drug-likeness (QED) is 0.770. The summed E-state index contributed by atoms with van der Waals surface area (Å²) in [5.74, 6) is 0.410. The number of anilines is 1. The van der Waals surface area contributed by atoms with Crippen LogP contribution < -0.4 is 5.32 Å². The molecule has 0 saturated carbocycles. The zero-order chi connectivity index (χ0) is 15.1. The highest BCUT2D eigenvalue weighted by Gasteiger charge is 2.26. The number of carbonyl (C=O) groups excluding carboxylic acids is 1. The van der Waals surface area contributed by atoms with Gasteiger partial charge in [0.25, 0.3) is 0 Å². The molecule has 0 saturated heterocycles. The van der Waals surface area contributed by atoms with E-state index in [0.717, 1.165) is 24.9 Å². The van der Waals surface area contributed by atoms with Crippen LogP contribution in [0.25, 0.3) is 0 Å². The van der Waals surface area contributed by atoms with Gasteiger partial charge in [0, 0.05) is 12.2 Å². The summed E-state index contributed by atoms with van der Waals surface area (Å²) in [7, 11) is 0. The van der Waals surface area contributed by atoms with Gasteiger partial charge in [-0.05, 0) is 30.4 Å². The van der Waals surface area contributed by atoms with E-state index in [1.165, 1.54) is 18.4 Å². The minimum absolute atomic E-state index is 0.0491. The van der Waals surface area contributed by atoms with Gasteiger partial charge >= 0.3 is 5.97 Å². The molecule has 3 nitrogen and oxygen atoms in total. The smallest absolute Gasteiger partial charge is 0.311 e. The monoisotopic (exact) mass is 289 g/mol. The minimum Gasteiger partial charge on any atom is -0.465 e. The lowest BCUT2D eigenvalue weighted by Crippen LogP contribution is -2.32. The van der Waals surface area contributed by atoms with Gasteiger partial charge in [-0.1, -0.05) is 51.3 Å². The van der Waals surface area contributed by atoms with E-state index >= 15 is 0 Å². The van der Waals surface area contributed by atoms with E-state index in [1.54, 1.807) is 0 Å². The number of unbranched alkanes of at least 4 members (excludes halogenated alkanes) is 1. The van der Waals surface area contributed by atoms with Gasteiger partial charge in [-0.15, -0.1) is 0 Å². The van der Waals surface area contributed by atoms with Crippen LogP contribution in [0.1, 0.15) is 45.1 Å². The summed E-state index contributed by atoms with van der Waals surface area (Å²) in [5.41, 5.74) is 2.36. The number of hydrogen-bond acceptors (Lipinski definition) is 3. The molecule has 1 aliphatic rings. The van der Waals surface area contributed by atoms with E-state index in [-0.39, 0.29) is 11.9 Å². The molecule has 1 aliphatic heterocycles. The Labute approximate surface area is 128 Å². The zero-order valence-electron chi connectivity index (χ0n) is 13.2. The molecule has 0 fully saturated rings. The molecule has 1 N–H and O–H groups in total. The third kappa shape index (κ3) is 4.48. The van der Waals surface area contributed by atoms with Crippen LogP contribution in [0.3, 0.4) is 0 Å². The SMILES string of the molecule is CCCCC(CC)COC(=O)C1CNc2ccccc2C1. The van der Waals surface area contributed by atoms with Gasteiger partial charge in [0.15, 0.2) is 0 Å². The molecule has 0 aliphatic carbocycles. The highest BCUT2D eigenvalue weighted by molar-refractivity contribution is 5.75. The van der Waals surface area contributed by atoms with Crippen LogP contribution in [-0.4, -0.2) is 19.1 Å². The molecule has 0 spiro atoms. The van der Waals surface area contributed by atoms with Gasteiger partial charge in [-0.2, -0.15) is 0 Å². The second-order valence-corrected chi connectivity index (χ2v) is 5.99. The maximum Gasteiger partial charge on any atom is 0.311 e. The Morgan fingerprint density at radius 3 is 2.95 bits per heavy atom. The van der Waals surface area contributed by atoms with E-state index in [0.29, 0.717) is 19.1 Å². The largest absolute Gasteiger partial charge is 0.465 e. The van der Waals surface area contributed by atoms with E-state index in [2.05, 4.69) is 31.3 Å². The van der Waals surface area contributed by atoms with Crippen molar-refractivity contribution in [3.63, 3.8) is 0 Å². The second-order valence-electron chi connectivity index (χ2n) is 5.99. The van der Waals surface area contributed by atoms with Crippen molar-refractivity contribution in [3.8, 4) is 0 Å². The molecule has 0 amide bonds. The molecule has 0 radical (unpaired) electrons. The maximum absolute atomic E-state index is 12.2. The van der Waals surface area contributed by atoms with Crippen molar-refractivity contribution in [2.24, 2.45) is 11.8 Å². The number of para-hydroxylation sites is 1. The number of fused-ring (bicyclic) bond motifs is 1. The first kappa shape index (κ1) is 15.9. The van der Waals surface area contributed by atoms with Gasteiger partial charge in [0.05, 0.1) is 12.5 Å².